The number of fused-ring (bicyclic) bond motifs is 2. The van der Waals surface area contributed by atoms with Crippen LogP contribution in [0.1, 0.15) is 56.2 Å². The summed E-state index contributed by atoms with van der Waals surface area (Å²) in [6.07, 6.45) is 3.77. The molecule has 0 spiro atoms. The molecule has 3 nitrogen and oxygen atoms in total. The second-order valence-electron chi connectivity index (χ2n) is 8.17. The third-order valence-corrected chi connectivity index (χ3v) is 6.30. The fourth-order valence-corrected chi connectivity index (χ4v) is 4.87. The molecule has 0 amide bonds. The first-order chi connectivity index (χ1) is 12.9. The number of halogens is 1. The van der Waals surface area contributed by atoms with Gasteiger partial charge in [-0.2, -0.15) is 0 Å². The van der Waals surface area contributed by atoms with Crippen LogP contribution in [-0.4, -0.2) is 23.4 Å². The molecular weight excluding hydrogens is 360 g/mol. The van der Waals surface area contributed by atoms with E-state index in [0.717, 1.165) is 47.6 Å². The highest BCUT2D eigenvalue weighted by Gasteiger charge is 2.53. The van der Waals surface area contributed by atoms with E-state index < -0.39 is 0 Å². The van der Waals surface area contributed by atoms with Crippen molar-refractivity contribution >= 4 is 11.6 Å². The van der Waals surface area contributed by atoms with Gasteiger partial charge >= 0.3 is 0 Å². The normalized spacial score (nSPS) is 29.7. The van der Waals surface area contributed by atoms with Crippen molar-refractivity contribution in [2.45, 2.75) is 63.3 Å². The molecule has 0 unspecified atom stereocenters. The SMILES string of the molecule is CCOc1ccc(Cc2cc([C@@]34CC[C@@](C)(C[C@H](O)C3)O4)ccc2Cl)cc1. The molecule has 4 rings (SSSR count). The first kappa shape index (κ1) is 18.8. The summed E-state index contributed by atoms with van der Waals surface area (Å²) in [5.41, 5.74) is 2.81. The minimum Gasteiger partial charge on any atom is -0.494 e. The van der Waals surface area contributed by atoms with Crippen molar-refractivity contribution < 1.29 is 14.6 Å². The van der Waals surface area contributed by atoms with Crippen molar-refractivity contribution in [2.24, 2.45) is 0 Å². The van der Waals surface area contributed by atoms with Gasteiger partial charge in [-0.3, -0.25) is 0 Å². The standard InChI is InChI=1S/C23H27ClO3/c1-3-26-20-7-4-16(5-8-20)12-17-13-18(6-9-21(17)24)23-11-10-22(2,27-23)14-19(25)15-23/h4-9,13,19,25H,3,10-12,14-15H2,1-2H3/t19-,22-,23+/m0/s1. The Kier molecular flexibility index (Phi) is 4.96. The summed E-state index contributed by atoms with van der Waals surface area (Å²) in [5.74, 6) is 0.884. The Labute approximate surface area is 166 Å². The Morgan fingerprint density at radius 3 is 2.67 bits per heavy atom. The fourth-order valence-electron chi connectivity index (χ4n) is 4.68. The highest BCUT2D eigenvalue weighted by atomic mass is 35.5. The van der Waals surface area contributed by atoms with Crippen molar-refractivity contribution in [1.82, 2.24) is 0 Å². The van der Waals surface area contributed by atoms with Crippen LogP contribution in [0.3, 0.4) is 0 Å². The highest BCUT2D eigenvalue weighted by Crippen LogP contribution is 2.53. The van der Waals surface area contributed by atoms with Crippen LogP contribution in [0.15, 0.2) is 42.5 Å². The number of hydrogen-bond acceptors (Lipinski definition) is 3. The predicted molar refractivity (Wildman–Crippen MR) is 108 cm³/mol. The zero-order valence-electron chi connectivity index (χ0n) is 16.0. The molecule has 144 valence electrons. The molecule has 0 aliphatic carbocycles. The predicted octanol–water partition coefficient (Wildman–Crippen LogP) is 5.25. The van der Waals surface area contributed by atoms with E-state index >= 15 is 0 Å². The lowest BCUT2D eigenvalue weighted by Gasteiger charge is -2.41. The monoisotopic (exact) mass is 386 g/mol. The largest absolute Gasteiger partial charge is 0.494 e. The summed E-state index contributed by atoms with van der Waals surface area (Å²) in [7, 11) is 0. The molecule has 2 aliphatic heterocycles. The molecule has 0 aromatic heterocycles. The molecule has 2 aromatic rings. The van der Waals surface area contributed by atoms with Crippen LogP contribution in [0.2, 0.25) is 5.02 Å². The van der Waals surface area contributed by atoms with Crippen molar-refractivity contribution in [1.29, 1.82) is 0 Å². The molecule has 1 N–H and O–H groups in total. The van der Waals surface area contributed by atoms with Gasteiger partial charge in [0, 0.05) is 17.9 Å². The Bertz CT molecular complexity index is 819. The number of aliphatic hydroxyl groups excluding tert-OH is 1. The van der Waals surface area contributed by atoms with E-state index in [1.54, 1.807) is 0 Å². The van der Waals surface area contributed by atoms with Crippen LogP contribution < -0.4 is 4.74 Å². The van der Waals surface area contributed by atoms with Gasteiger partial charge < -0.3 is 14.6 Å². The van der Waals surface area contributed by atoms with Crippen LogP contribution in [0.4, 0.5) is 0 Å². The molecule has 0 saturated carbocycles. The maximum Gasteiger partial charge on any atom is 0.119 e. The third-order valence-electron chi connectivity index (χ3n) is 5.93. The zero-order valence-corrected chi connectivity index (χ0v) is 16.8. The Balaban J connectivity index is 1.60. The van der Waals surface area contributed by atoms with Gasteiger partial charge in [0.05, 0.1) is 23.9 Å². The lowest BCUT2D eigenvalue weighted by Crippen LogP contribution is -2.43. The maximum absolute atomic E-state index is 10.4. The summed E-state index contributed by atoms with van der Waals surface area (Å²) >= 11 is 6.51. The van der Waals surface area contributed by atoms with Gasteiger partial charge in [-0.25, -0.2) is 0 Å². The smallest absolute Gasteiger partial charge is 0.119 e. The van der Waals surface area contributed by atoms with Gasteiger partial charge in [0.25, 0.3) is 0 Å². The van der Waals surface area contributed by atoms with Crippen LogP contribution in [0.5, 0.6) is 5.75 Å². The second kappa shape index (κ2) is 7.12. The van der Waals surface area contributed by atoms with E-state index in [9.17, 15) is 5.11 Å². The van der Waals surface area contributed by atoms with Gasteiger partial charge in [-0.05, 0) is 68.0 Å². The van der Waals surface area contributed by atoms with Crippen LogP contribution in [-0.2, 0) is 16.8 Å². The quantitative estimate of drug-likeness (QED) is 0.762. The lowest BCUT2D eigenvalue weighted by atomic mass is 9.84. The van der Waals surface area contributed by atoms with Crippen molar-refractivity contribution in [3.8, 4) is 5.75 Å². The molecule has 2 aliphatic rings. The molecule has 2 saturated heterocycles. The number of ether oxygens (including phenoxy) is 2. The average molecular weight is 387 g/mol. The van der Waals surface area contributed by atoms with E-state index in [1.807, 2.05) is 25.1 Å². The number of benzene rings is 2. The summed E-state index contributed by atoms with van der Waals surface area (Å²) in [6, 6.07) is 14.4. The van der Waals surface area contributed by atoms with E-state index in [0.29, 0.717) is 13.0 Å². The fraction of sp³-hybridized carbons (Fsp3) is 0.478. The molecule has 0 radical (unpaired) electrons. The van der Waals surface area contributed by atoms with Crippen LogP contribution in [0.25, 0.3) is 0 Å². The van der Waals surface area contributed by atoms with Gasteiger partial charge in [-0.1, -0.05) is 35.9 Å². The average Bonchev–Trinajstić information content (AvgIpc) is 2.89. The van der Waals surface area contributed by atoms with Crippen LogP contribution in [0, 0.1) is 0 Å². The van der Waals surface area contributed by atoms with Gasteiger partial charge in [0.1, 0.15) is 5.75 Å². The molecule has 3 atom stereocenters. The number of hydrogen-bond donors (Lipinski definition) is 1. The lowest BCUT2D eigenvalue weighted by molar-refractivity contribution is -0.169. The first-order valence-electron chi connectivity index (χ1n) is 9.80. The molecule has 27 heavy (non-hydrogen) atoms. The number of rotatable bonds is 5. The molecule has 2 heterocycles. The Hall–Kier alpha value is -1.55. The minimum absolute atomic E-state index is 0.216. The Morgan fingerprint density at radius 2 is 1.93 bits per heavy atom. The van der Waals surface area contributed by atoms with E-state index in [-0.39, 0.29) is 17.3 Å². The highest BCUT2D eigenvalue weighted by molar-refractivity contribution is 6.31. The number of aliphatic hydroxyl groups is 1. The zero-order chi connectivity index (χ0) is 19.1. The molecule has 2 bridgehead atoms. The third kappa shape index (κ3) is 3.73. The van der Waals surface area contributed by atoms with Gasteiger partial charge in [0.2, 0.25) is 0 Å². The van der Waals surface area contributed by atoms with Gasteiger partial charge in [-0.15, -0.1) is 0 Å². The van der Waals surface area contributed by atoms with E-state index in [2.05, 4.69) is 31.2 Å². The minimum atomic E-state index is -0.384. The summed E-state index contributed by atoms with van der Waals surface area (Å²) in [6.45, 7) is 4.77. The summed E-state index contributed by atoms with van der Waals surface area (Å²) in [4.78, 5) is 0. The van der Waals surface area contributed by atoms with E-state index in [1.165, 1.54) is 5.56 Å². The molecular formula is C23H27ClO3. The molecule has 4 heteroatoms. The summed E-state index contributed by atoms with van der Waals surface area (Å²) < 4.78 is 12.0. The molecule has 2 aromatic carbocycles. The first-order valence-corrected chi connectivity index (χ1v) is 10.2. The maximum atomic E-state index is 10.4. The van der Waals surface area contributed by atoms with Crippen LogP contribution >= 0.6 is 11.6 Å². The van der Waals surface area contributed by atoms with Crippen molar-refractivity contribution in [2.75, 3.05) is 6.61 Å². The van der Waals surface area contributed by atoms with Gasteiger partial charge in [0.15, 0.2) is 0 Å². The van der Waals surface area contributed by atoms with E-state index in [4.69, 9.17) is 21.1 Å². The summed E-state index contributed by atoms with van der Waals surface area (Å²) in [5, 5.41) is 11.2. The van der Waals surface area contributed by atoms with Crippen molar-refractivity contribution in [3.05, 3.63) is 64.2 Å². The second-order valence-corrected chi connectivity index (χ2v) is 8.58. The molecule has 2 fully saturated rings. The van der Waals surface area contributed by atoms with Crippen molar-refractivity contribution in [3.63, 3.8) is 0 Å². The topological polar surface area (TPSA) is 38.7 Å². The Morgan fingerprint density at radius 1 is 1.15 bits per heavy atom.